The maximum atomic E-state index is 11.8. The Labute approximate surface area is 99.7 Å². The summed E-state index contributed by atoms with van der Waals surface area (Å²) in [4.78, 5) is 11.8. The summed E-state index contributed by atoms with van der Waals surface area (Å²) in [6, 6.07) is 0. The third kappa shape index (κ3) is 2.96. The topological polar surface area (TPSA) is 56.1 Å². The summed E-state index contributed by atoms with van der Waals surface area (Å²) in [5, 5.41) is 7.21. The van der Waals surface area contributed by atoms with E-state index in [1.54, 1.807) is 21.1 Å². The Balaban J connectivity index is 2.59. The molecule has 0 aliphatic heterocycles. The summed E-state index contributed by atoms with van der Waals surface area (Å²) < 4.78 is 6.37. The highest BCUT2D eigenvalue weighted by Gasteiger charge is 2.17. The molecule has 1 aromatic rings. The van der Waals surface area contributed by atoms with Crippen molar-refractivity contribution in [3.05, 3.63) is 16.4 Å². The number of methoxy groups -OCH3 is 1. The van der Waals surface area contributed by atoms with Gasteiger partial charge in [0.15, 0.2) is 0 Å². The van der Waals surface area contributed by atoms with E-state index < -0.39 is 0 Å². The fourth-order valence-corrected chi connectivity index (χ4v) is 1.66. The Hall–Kier alpha value is -1.07. The summed E-state index contributed by atoms with van der Waals surface area (Å²) in [5.41, 5.74) is 1.08. The van der Waals surface area contributed by atoms with Gasteiger partial charge in [-0.15, -0.1) is 0 Å². The van der Waals surface area contributed by atoms with Crippen LogP contribution in [0.1, 0.15) is 22.5 Å². The molecule has 16 heavy (non-hydrogen) atoms. The number of amides is 1. The van der Waals surface area contributed by atoms with E-state index in [9.17, 15) is 4.79 Å². The Kier molecular flexibility index (Phi) is 4.76. The minimum atomic E-state index is -0.188. The number of hydrogen-bond donors (Lipinski definition) is 1. The van der Waals surface area contributed by atoms with Gasteiger partial charge in [0.25, 0.3) is 5.91 Å². The third-order valence-electron chi connectivity index (χ3n) is 2.19. The second-order valence-corrected chi connectivity index (χ2v) is 3.84. The van der Waals surface area contributed by atoms with Crippen LogP contribution in [0.15, 0.2) is 0 Å². The lowest BCUT2D eigenvalue weighted by atomic mass is 10.2. The highest BCUT2D eigenvalue weighted by Crippen LogP contribution is 2.17. The number of aromatic nitrogens is 2. The third-order valence-corrected chi connectivity index (χ3v) is 2.62. The first-order valence-corrected chi connectivity index (χ1v) is 5.42. The van der Waals surface area contributed by atoms with Crippen LogP contribution in [0.3, 0.4) is 0 Å². The number of nitrogens with one attached hydrogen (secondary N) is 1. The molecule has 0 fully saturated rings. The van der Waals surface area contributed by atoms with Crippen LogP contribution < -0.4 is 5.32 Å². The van der Waals surface area contributed by atoms with Crippen LogP contribution in [0.4, 0.5) is 0 Å². The molecule has 0 unspecified atom stereocenters. The number of carbonyl (C=O) groups is 1. The number of rotatable bonds is 5. The summed E-state index contributed by atoms with van der Waals surface area (Å²) in [6.07, 6.45) is 0.777. The molecule has 1 amide bonds. The summed E-state index contributed by atoms with van der Waals surface area (Å²) >= 11 is 5.96. The van der Waals surface area contributed by atoms with Gasteiger partial charge in [0.2, 0.25) is 0 Å². The van der Waals surface area contributed by atoms with Gasteiger partial charge in [-0.05, 0) is 13.3 Å². The first kappa shape index (κ1) is 13.0. The number of nitrogens with zero attached hydrogens (tertiary/aromatic N) is 2. The van der Waals surface area contributed by atoms with Crippen LogP contribution in [0.25, 0.3) is 0 Å². The van der Waals surface area contributed by atoms with Crippen LogP contribution in [0.5, 0.6) is 0 Å². The summed E-state index contributed by atoms with van der Waals surface area (Å²) in [7, 11) is 3.33. The molecule has 0 aromatic carbocycles. The molecule has 1 aromatic heterocycles. The van der Waals surface area contributed by atoms with Crippen LogP contribution in [-0.2, 0) is 11.8 Å². The van der Waals surface area contributed by atoms with E-state index in [4.69, 9.17) is 16.3 Å². The normalized spacial score (nSPS) is 10.5. The maximum absolute atomic E-state index is 11.8. The molecule has 1 rings (SSSR count). The SMILES string of the molecule is COCCCNC(=O)c1c(C)nn(C)c1Cl. The Morgan fingerprint density at radius 2 is 2.31 bits per heavy atom. The van der Waals surface area contributed by atoms with Crippen molar-refractivity contribution in [2.24, 2.45) is 7.05 Å². The lowest BCUT2D eigenvalue weighted by Gasteiger charge is -2.04. The Bertz CT molecular complexity index is 376. The summed E-state index contributed by atoms with van der Waals surface area (Å²) in [5.74, 6) is -0.188. The van der Waals surface area contributed by atoms with Crippen molar-refractivity contribution < 1.29 is 9.53 Å². The van der Waals surface area contributed by atoms with Gasteiger partial charge in [-0.3, -0.25) is 9.48 Å². The van der Waals surface area contributed by atoms with Crippen molar-refractivity contribution in [2.75, 3.05) is 20.3 Å². The fraction of sp³-hybridized carbons (Fsp3) is 0.600. The van der Waals surface area contributed by atoms with E-state index in [-0.39, 0.29) is 5.91 Å². The van der Waals surface area contributed by atoms with Crippen LogP contribution in [0.2, 0.25) is 5.15 Å². The molecule has 90 valence electrons. The Morgan fingerprint density at radius 1 is 1.62 bits per heavy atom. The minimum absolute atomic E-state index is 0.188. The van der Waals surface area contributed by atoms with Crippen molar-refractivity contribution in [1.82, 2.24) is 15.1 Å². The quantitative estimate of drug-likeness (QED) is 0.792. The zero-order valence-corrected chi connectivity index (χ0v) is 10.5. The lowest BCUT2D eigenvalue weighted by Crippen LogP contribution is -2.25. The van der Waals surface area contributed by atoms with E-state index in [0.717, 1.165) is 6.42 Å². The van der Waals surface area contributed by atoms with Gasteiger partial charge in [0, 0.05) is 27.3 Å². The zero-order chi connectivity index (χ0) is 12.1. The van der Waals surface area contributed by atoms with Crippen molar-refractivity contribution in [1.29, 1.82) is 0 Å². The van der Waals surface area contributed by atoms with Gasteiger partial charge in [-0.2, -0.15) is 5.10 Å². The fourth-order valence-electron chi connectivity index (χ4n) is 1.39. The molecule has 0 saturated carbocycles. The predicted molar refractivity (Wildman–Crippen MR) is 61.8 cm³/mol. The van der Waals surface area contributed by atoms with Gasteiger partial charge in [-0.1, -0.05) is 11.6 Å². The first-order chi connectivity index (χ1) is 7.57. The van der Waals surface area contributed by atoms with Crippen molar-refractivity contribution >= 4 is 17.5 Å². The Morgan fingerprint density at radius 3 is 2.81 bits per heavy atom. The molecule has 0 aliphatic rings. The van der Waals surface area contributed by atoms with Gasteiger partial charge in [0.05, 0.1) is 11.3 Å². The number of carbonyl (C=O) groups excluding carboxylic acids is 1. The molecule has 0 spiro atoms. The lowest BCUT2D eigenvalue weighted by molar-refractivity contribution is 0.0948. The molecule has 0 atom stereocenters. The number of ether oxygens (including phenoxy) is 1. The molecular weight excluding hydrogens is 230 g/mol. The van der Waals surface area contributed by atoms with Gasteiger partial charge >= 0.3 is 0 Å². The molecule has 0 radical (unpaired) electrons. The van der Waals surface area contributed by atoms with Gasteiger partial charge in [0.1, 0.15) is 5.15 Å². The van der Waals surface area contributed by atoms with E-state index >= 15 is 0 Å². The highest BCUT2D eigenvalue weighted by molar-refractivity contribution is 6.33. The van der Waals surface area contributed by atoms with Crippen molar-refractivity contribution in [3.63, 3.8) is 0 Å². The average molecular weight is 246 g/mol. The minimum Gasteiger partial charge on any atom is -0.385 e. The summed E-state index contributed by atoms with van der Waals surface area (Å²) in [6.45, 7) is 2.95. The molecule has 0 bridgehead atoms. The van der Waals surface area contributed by atoms with E-state index in [2.05, 4.69) is 10.4 Å². The van der Waals surface area contributed by atoms with Crippen LogP contribution in [-0.4, -0.2) is 35.9 Å². The number of halogens is 1. The second-order valence-electron chi connectivity index (χ2n) is 3.48. The average Bonchev–Trinajstić information content (AvgIpc) is 2.48. The second kappa shape index (κ2) is 5.86. The van der Waals surface area contributed by atoms with E-state index in [0.29, 0.717) is 29.6 Å². The van der Waals surface area contributed by atoms with Gasteiger partial charge in [-0.25, -0.2) is 0 Å². The maximum Gasteiger partial charge on any atom is 0.256 e. The highest BCUT2D eigenvalue weighted by atomic mass is 35.5. The van der Waals surface area contributed by atoms with Crippen molar-refractivity contribution in [2.45, 2.75) is 13.3 Å². The number of hydrogen-bond acceptors (Lipinski definition) is 3. The monoisotopic (exact) mass is 245 g/mol. The van der Waals surface area contributed by atoms with E-state index in [1.165, 1.54) is 4.68 Å². The smallest absolute Gasteiger partial charge is 0.256 e. The molecule has 6 heteroatoms. The predicted octanol–water partition coefficient (Wildman–Crippen LogP) is 1.15. The van der Waals surface area contributed by atoms with Crippen LogP contribution >= 0.6 is 11.6 Å². The first-order valence-electron chi connectivity index (χ1n) is 5.04. The molecule has 5 nitrogen and oxygen atoms in total. The van der Waals surface area contributed by atoms with Crippen LogP contribution in [0, 0.1) is 6.92 Å². The largest absolute Gasteiger partial charge is 0.385 e. The molecule has 0 saturated heterocycles. The standard InChI is InChI=1S/C10H16ClN3O2/c1-7-8(9(11)14(2)13-7)10(15)12-5-4-6-16-3/h4-6H2,1-3H3,(H,12,15). The zero-order valence-electron chi connectivity index (χ0n) is 9.71. The van der Waals surface area contributed by atoms with Crippen molar-refractivity contribution in [3.8, 4) is 0 Å². The van der Waals surface area contributed by atoms with E-state index in [1.807, 2.05) is 0 Å². The molecule has 0 aliphatic carbocycles. The van der Waals surface area contributed by atoms with Gasteiger partial charge < -0.3 is 10.1 Å². The molecule has 1 N–H and O–H groups in total. The molecular formula is C10H16ClN3O2. The molecule has 1 heterocycles. The number of aryl methyl sites for hydroxylation is 2.